The van der Waals surface area contributed by atoms with Crippen molar-refractivity contribution in [2.75, 3.05) is 0 Å². The van der Waals surface area contributed by atoms with Crippen LogP contribution in [0.4, 0.5) is 0 Å². The zero-order chi connectivity index (χ0) is 11.3. The van der Waals surface area contributed by atoms with E-state index in [4.69, 9.17) is 32.5 Å². The monoisotopic (exact) mass is 221 g/mol. The highest BCUT2D eigenvalue weighted by atomic mass is 32.1. The first kappa shape index (κ1) is 13.3. The lowest BCUT2D eigenvalue weighted by Crippen LogP contribution is -2.33. The smallest absolute Gasteiger partial charge is 0.335 e. The predicted molar refractivity (Wildman–Crippen MR) is 54.6 cm³/mol. The molecule has 0 bridgehead atoms. The summed E-state index contributed by atoms with van der Waals surface area (Å²) in [5, 5.41) is 8.94. The predicted octanol–water partition coefficient (Wildman–Crippen LogP) is -0.0524. The maximum absolute atomic E-state index is 10.9. The molecule has 0 heterocycles. The molecule has 0 rings (SSSR count). The van der Waals surface area contributed by atoms with Crippen molar-refractivity contribution in [1.29, 1.82) is 0 Å². The molecule has 0 saturated carbocycles. The van der Waals surface area contributed by atoms with Gasteiger partial charge in [-0.3, -0.25) is 5.73 Å². The van der Waals surface area contributed by atoms with Gasteiger partial charge in [0.25, 0.3) is 0 Å². The molecule has 14 heavy (non-hydrogen) atoms. The van der Waals surface area contributed by atoms with E-state index < -0.39 is 24.4 Å². The van der Waals surface area contributed by atoms with Gasteiger partial charge < -0.3 is 14.6 Å². The summed E-state index contributed by atoms with van der Waals surface area (Å²) in [6.07, 6.45) is -2.41. The van der Waals surface area contributed by atoms with Crippen molar-refractivity contribution in [3.8, 4) is 0 Å². The van der Waals surface area contributed by atoms with Crippen molar-refractivity contribution >= 4 is 23.2 Å². The molecule has 3 atom stereocenters. The van der Waals surface area contributed by atoms with Gasteiger partial charge in [0.2, 0.25) is 5.05 Å². The number of esters is 1. The molecule has 0 saturated heterocycles. The van der Waals surface area contributed by atoms with Crippen molar-refractivity contribution in [1.82, 2.24) is 0 Å². The molecule has 82 valence electrons. The van der Waals surface area contributed by atoms with Gasteiger partial charge in [-0.05, 0) is 33.0 Å². The Balaban J connectivity index is 4.01. The van der Waals surface area contributed by atoms with Crippen LogP contribution in [-0.4, -0.2) is 34.6 Å². The minimum absolute atomic E-state index is 0.0917. The van der Waals surface area contributed by atoms with Crippen LogP contribution < -0.4 is 5.73 Å². The second-order valence-corrected chi connectivity index (χ2v) is 3.30. The molecule has 6 heteroatoms. The van der Waals surface area contributed by atoms with Crippen LogP contribution in [0.3, 0.4) is 0 Å². The van der Waals surface area contributed by atoms with Crippen molar-refractivity contribution in [2.24, 2.45) is 5.73 Å². The molecule has 0 aromatic rings. The Morgan fingerprint density at radius 3 is 2.21 bits per heavy atom. The van der Waals surface area contributed by atoms with E-state index in [0.717, 1.165) is 0 Å². The Morgan fingerprint density at radius 2 is 1.86 bits per heavy atom. The number of carbonyl (C=O) groups excluding carboxylic acids is 1. The van der Waals surface area contributed by atoms with E-state index in [1.165, 1.54) is 6.92 Å². The molecular weight excluding hydrogens is 206 g/mol. The number of ether oxygens (including phenoxy) is 2. The molecule has 0 amide bonds. The number of carbonyl (C=O) groups is 1. The third-order valence-electron chi connectivity index (χ3n) is 1.27. The van der Waals surface area contributed by atoms with Crippen LogP contribution in [0, 0.1) is 0 Å². The van der Waals surface area contributed by atoms with E-state index in [-0.39, 0.29) is 5.05 Å². The fourth-order valence-corrected chi connectivity index (χ4v) is 0.800. The Morgan fingerprint density at radius 1 is 1.36 bits per heavy atom. The topological polar surface area (TPSA) is 81.8 Å². The largest absolute Gasteiger partial charge is 0.465 e. The number of thiocarbonyl (C=S) groups is 1. The first-order chi connectivity index (χ1) is 6.34. The zero-order valence-corrected chi connectivity index (χ0v) is 9.21. The lowest BCUT2D eigenvalue weighted by atomic mass is 10.4. The summed E-state index contributed by atoms with van der Waals surface area (Å²) in [5.41, 5.74) is 5.32. The molecule has 0 radical (unpaired) electrons. The van der Waals surface area contributed by atoms with Gasteiger partial charge in [0.15, 0.2) is 6.10 Å². The van der Waals surface area contributed by atoms with Crippen molar-refractivity contribution < 1.29 is 19.4 Å². The van der Waals surface area contributed by atoms with Crippen molar-refractivity contribution in [2.45, 2.75) is 39.2 Å². The minimum atomic E-state index is -1.17. The summed E-state index contributed by atoms with van der Waals surface area (Å²) in [5.74, 6) is -0.742. The van der Waals surface area contributed by atoms with Gasteiger partial charge in [-0.25, -0.2) is 4.79 Å². The third kappa shape index (κ3) is 5.11. The van der Waals surface area contributed by atoms with Crippen LogP contribution in [0.1, 0.15) is 20.8 Å². The zero-order valence-electron chi connectivity index (χ0n) is 8.39. The Hall–Kier alpha value is -0.720. The van der Waals surface area contributed by atoms with E-state index >= 15 is 0 Å². The Labute approximate surface area is 88.2 Å². The first-order valence-electron chi connectivity index (χ1n) is 4.19. The highest BCUT2D eigenvalue weighted by Gasteiger charge is 2.19. The SMILES string of the molecule is CC(N)OC(=S)C(C)OC(=O)C(C)O. The first-order valence-corrected chi connectivity index (χ1v) is 4.60. The fourth-order valence-electron chi connectivity index (χ4n) is 0.600. The highest BCUT2D eigenvalue weighted by molar-refractivity contribution is 7.80. The van der Waals surface area contributed by atoms with Gasteiger partial charge in [-0.2, -0.15) is 0 Å². The molecular formula is C8H15NO4S. The molecule has 0 aromatic carbocycles. The fraction of sp³-hybridized carbons (Fsp3) is 0.750. The summed E-state index contributed by atoms with van der Waals surface area (Å²) in [7, 11) is 0. The van der Waals surface area contributed by atoms with Gasteiger partial charge in [0.1, 0.15) is 12.3 Å². The number of aliphatic hydroxyl groups is 1. The van der Waals surface area contributed by atoms with Gasteiger partial charge in [0.05, 0.1) is 0 Å². The van der Waals surface area contributed by atoms with Crippen LogP contribution in [0.25, 0.3) is 0 Å². The lowest BCUT2D eigenvalue weighted by molar-refractivity contribution is -0.154. The summed E-state index contributed by atoms with van der Waals surface area (Å²) in [6.45, 7) is 4.46. The summed E-state index contributed by atoms with van der Waals surface area (Å²) in [4.78, 5) is 10.9. The summed E-state index contributed by atoms with van der Waals surface area (Å²) < 4.78 is 9.71. The van der Waals surface area contributed by atoms with E-state index in [1.54, 1.807) is 13.8 Å². The molecule has 0 aliphatic heterocycles. The molecule has 3 unspecified atom stereocenters. The van der Waals surface area contributed by atoms with E-state index in [1.807, 2.05) is 0 Å². The molecule has 0 aliphatic rings. The molecule has 0 fully saturated rings. The molecule has 0 spiro atoms. The van der Waals surface area contributed by atoms with Crippen LogP contribution >= 0.6 is 12.2 Å². The van der Waals surface area contributed by atoms with E-state index in [0.29, 0.717) is 0 Å². The summed E-state index contributed by atoms with van der Waals surface area (Å²) in [6, 6.07) is 0. The van der Waals surface area contributed by atoms with Crippen molar-refractivity contribution in [3.63, 3.8) is 0 Å². The maximum Gasteiger partial charge on any atom is 0.335 e. The van der Waals surface area contributed by atoms with Crippen LogP contribution in [0.15, 0.2) is 0 Å². The molecule has 5 nitrogen and oxygen atoms in total. The normalized spacial score (nSPS) is 16.6. The number of hydrogen-bond donors (Lipinski definition) is 2. The number of aliphatic hydroxyl groups excluding tert-OH is 1. The molecule has 3 N–H and O–H groups in total. The van der Waals surface area contributed by atoms with E-state index in [2.05, 4.69) is 0 Å². The highest BCUT2D eigenvalue weighted by Crippen LogP contribution is 2.01. The number of nitrogens with two attached hydrogens (primary N) is 1. The van der Waals surface area contributed by atoms with Gasteiger partial charge in [0, 0.05) is 0 Å². The average Bonchev–Trinajstić information content (AvgIpc) is 2.02. The standard InChI is InChI=1S/C8H15NO4S/c1-4(10)7(11)12-5(2)8(14)13-6(3)9/h4-6,10H,9H2,1-3H3. The van der Waals surface area contributed by atoms with E-state index in [9.17, 15) is 4.79 Å². The lowest BCUT2D eigenvalue weighted by Gasteiger charge is -2.17. The third-order valence-corrected chi connectivity index (χ3v) is 1.70. The van der Waals surface area contributed by atoms with Gasteiger partial charge >= 0.3 is 5.97 Å². The second-order valence-electron chi connectivity index (χ2n) is 2.90. The summed E-state index contributed by atoms with van der Waals surface area (Å²) >= 11 is 4.80. The van der Waals surface area contributed by atoms with Crippen molar-refractivity contribution in [3.05, 3.63) is 0 Å². The second kappa shape index (κ2) is 5.90. The van der Waals surface area contributed by atoms with Crippen LogP contribution in [0.5, 0.6) is 0 Å². The Bertz CT molecular complexity index is 217. The number of rotatable bonds is 4. The quantitative estimate of drug-likeness (QED) is 0.393. The average molecular weight is 221 g/mol. The minimum Gasteiger partial charge on any atom is -0.465 e. The number of hydrogen-bond acceptors (Lipinski definition) is 6. The molecule has 0 aromatic heterocycles. The maximum atomic E-state index is 10.9. The van der Waals surface area contributed by atoms with Crippen LogP contribution in [-0.2, 0) is 14.3 Å². The Kier molecular flexibility index (Phi) is 5.59. The van der Waals surface area contributed by atoms with Gasteiger partial charge in [-0.15, -0.1) is 0 Å². The van der Waals surface area contributed by atoms with Crippen LogP contribution in [0.2, 0.25) is 0 Å². The molecule has 0 aliphatic carbocycles. The van der Waals surface area contributed by atoms with Gasteiger partial charge in [-0.1, -0.05) is 0 Å².